The maximum absolute atomic E-state index is 13.7. The summed E-state index contributed by atoms with van der Waals surface area (Å²) >= 11 is 0. The molecule has 0 spiro atoms. The minimum Gasteiger partial charge on any atom is -0.327 e. The highest BCUT2D eigenvalue weighted by molar-refractivity contribution is 6.03. The number of amides is 2. The predicted molar refractivity (Wildman–Crippen MR) is 111 cm³/mol. The number of benzene rings is 2. The minimum absolute atomic E-state index is 0.0656. The minimum atomic E-state index is -0.871. The molecule has 2 aliphatic rings. The van der Waals surface area contributed by atoms with Crippen molar-refractivity contribution in [3.63, 3.8) is 0 Å². The number of hydrogen-bond acceptors (Lipinski definition) is 3. The Morgan fingerprint density at radius 3 is 2.38 bits per heavy atom. The number of nitrogens with one attached hydrogen (secondary N) is 1. The van der Waals surface area contributed by atoms with Gasteiger partial charge in [0.1, 0.15) is 5.54 Å². The standard InChI is InChI=1S/C24H25N3O2/c1-23(21(28)26-20-11-7-8-18(16-20)17-25)14-15-27(23)22(29)24(12-5-6-13-24)19-9-3-2-4-10-19/h2-4,7-11,16H,5-6,12-15H2,1H3,(H,26,28). The summed E-state index contributed by atoms with van der Waals surface area (Å²) in [5.41, 5.74) is 0.726. The zero-order valence-electron chi connectivity index (χ0n) is 16.6. The van der Waals surface area contributed by atoms with Crippen LogP contribution in [0.3, 0.4) is 0 Å². The average molecular weight is 387 g/mol. The molecule has 1 heterocycles. The van der Waals surface area contributed by atoms with Crippen LogP contribution in [0, 0.1) is 11.3 Å². The van der Waals surface area contributed by atoms with Gasteiger partial charge in [-0.1, -0.05) is 49.2 Å². The third-order valence-corrected chi connectivity index (χ3v) is 6.59. The average Bonchev–Trinajstić information content (AvgIpc) is 3.24. The van der Waals surface area contributed by atoms with E-state index in [1.807, 2.05) is 37.3 Å². The number of likely N-dealkylation sites (tertiary alicyclic amines) is 1. The SMILES string of the molecule is CC1(C(=O)Nc2cccc(C#N)c2)CCN1C(=O)C1(c2ccccc2)CCCC1. The summed E-state index contributed by atoms with van der Waals surface area (Å²) in [6.45, 7) is 2.43. The predicted octanol–water partition coefficient (Wildman–Crippen LogP) is 4.00. The van der Waals surface area contributed by atoms with E-state index < -0.39 is 11.0 Å². The third-order valence-electron chi connectivity index (χ3n) is 6.59. The largest absolute Gasteiger partial charge is 0.327 e. The number of rotatable bonds is 4. The molecule has 2 aromatic carbocycles. The van der Waals surface area contributed by atoms with Crippen molar-refractivity contribution in [1.29, 1.82) is 5.26 Å². The van der Waals surface area contributed by atoms with Gasteiger partial charge in [-0.3, -0.25) is 9.59 Å². The van der Waals surface area contributed by atoms with Crippen molar-refractivity contribution in [3.05, 3.63) is 65.7 Å². The van der Waals surface area contributed by atoms with Gasteiger partial charge >= 0.3 is 0 Å². The zero-order valence-corrected chi connectivity index (χ0v) is 16.6. The molecule has 0 aromatic heterocycles. The van der Waals surface area contributed by atoms with E-state index in [0.29, 0.717) is 24.2 Å². The Bertz CT molecular complexity index is 973. The molecule has 5 nitrogen and oxygen atoms in total. The van der Waals surface area contributed by atoms with Crippen LogP contribution in [0.2, 0.25) is 0 Å². The van der Waals surface area contributed by atoms with Crippen LogP contribution < -0.4 is 5.32 Å². The number of carbonyl (C=O) groups is 2. The van der Waals surface area contributed by atoms with E-state index in [1.165, 1.54) is 0 Å². The molecule has 1 saturated heterocycles. The molecule has 0 bridgehead atoms. The maximum atomic E-state index is 13.7. The molecule has 4 rings (SSSR count). The molecule has 1 aliphatic carbocycles. The van der Waals surface area contributed by atoms with Crippen molar-refractivity contribution in [3.8, 4) is 6.07 Å². The Kier molecular flexibility index (Phi) is 4.87. The summed E-state index contributed by atoms with van der Waals surface area (Å²) in [5, 5.41) is 12.0. The first-order chi connectivity index (χ1) is 14.0. The Morgan fingerprint density at radius 1 is 1.03 bits per heavy atom. The Hall–Kier alpha value is -3.13. The topological polar surface area (TPSA) is 73.2 Å². The van der Waals surface area contributed by atoms with E-state index in [9.17, 15) is 9.59 Å². The van der Waals surface area contributed by atoms with E-state index in [2.05, 4.69) is 11.4 Å². The summed E-state index contributed by atoms with van der Waals surface area (Å²) < 4.78 is 0. The van der Waals surface area contributed by atoms with Crippen molar-refractivity contribution in [2.45, 2.75) is 50.0 Å². The smallest absolute Gasteiger partial charge is 0.250 e. The molecule has 0 radical (unpaired) electrons. The second kappa shape index (κ2) is 7.36. The van der Waals surface area contributed by atoms with Gasteiger partial charge in [-0.15, -0.1) is 0 Å². The fourth-order valence-corrected chi connectivity index (χ4v) is 4.67. The van der Waals surface area contributed by atoms with Crippen LogP contribution in [-0.4, -0.2) is 28.8 Å². The molecule has 1 unspecified atom stereocenters. The van der Waals surface area contributed by atoms with Crippen molar-refractivity contribution in [2.24, 2.45) is 0 Å². The van der Waals surface area contributed by atoms with Crippen molar-refractivity contribution < 1.29 is 9.59 Å². The van der Waals surface area contributed by atoms with Crippen LogP contribution in [0.25, 0.3) is 0 Å². The number of nitriles is 1. The molecule has 1 saturated carbocycles. The first-order valence-electron chi connectivity index (χ1n) is 10.2. The van der Waals surface area contributed by atoms with E-state index in [1.54, 1.807) is 29.2 Å². The number of carbonyl (C=O) groups excluding carboxylic acids is 2. The van der Waals surface area contributed by atoms with Gasteiger partial charge in [0.2, 0.25) is 11.8 Å². The number of hydrogen-bond donors (Lipinski definition) is 1. The lowest BCUT2D eigenvalue weighted by atomic mass is 9.74. The normalized spacial score (nSPS) is 22.4. The Morgan fingerprint density at radius 2 is 1.76 bits per heavy atom. The number of nitrogens with zero attached hydrogens (tertiary/aromatic N) is 2. The van der Waals surface area contributed by atoms with E-state index >= 15 is 0 Å². The first kappa shape index (κ1) is 19.2. The molecular formula is C24H25N3O2. The van der Waals surface area contributed by atoms with Gasteiger partial charge in [0.05, 0.1) is 17.0 Å². The van der Waals surface area contributed by atoms with E-state index in [-0.39, 0.29) is 11.8 Å². The maximum Gasteiger partial charge on any atom is 0.250 e. The Labute approximate surface area is 171 Å². The van der Waals surface area contributed by atoms with Crippen molar-refractivity contribution in [2.75, 3.05) is 11.9 Å². The molecular weight excluding hydrogens is 362 g/mol. The summed E-state index contributed by atoms with van der Waals surface area (Å²) in [6.07, 6.45) is 4.34. The number of anilines is 1. The molecule has 2 fully saturated rings. The summed E-state index contributed by atoms with van der Waals surface area (Å²) in [7, 11) is 0. The van der Waals surface area contributed by atoms with Crippen LogP contribution in [-0.2, 0) is 15.0 Å². The van der Waals surface area contributed by atoms with Gasteiger partial charge in [-0.05, 0) is 49.9 Å². The second-order valence-electron chi connectivity index (χ2n) is 8.28. The lowest BCUT2D eigenvalue weighted by Gasteiger charge is -2.52. The highest BCUT2D eigenvalue weighted by Gasteiger charge is 2.55. The third kappa shape index (κ3) is 3.19. The molecule has 2 amide bonds. The van der Waals surface area contributed by atoms with Crippen LogP contribution >= 0.6 is 0 Å². The lowest BCUT2D eigenvalue weighted by molar-refractivity contribution is -0.159. The summed E-state index contributed by atoms with van der Waals surface area (Å²) in [6, 6.07) is 18.9. The fraction of sp³-hybridized carbons (Fsp3) is 0.375. The highest BCUT2D eigenvalue weighted by Crippen LogP contribution is 2.46. The van der Waals surface area contributed by atoms with Gasteiger partial charge in [0.25, 0.3) is 0 Å². The molecule has 2 aromatic rings. The Balaban J connectivity index is 1.58. The van der Waals surface area contributed by atoms with Crippen LogP contribution in [0.1, 0.15) is 50.2 Å². The molecule has 1 aliphatic heterocycles. The lowest BCUT2D eigenvalue weighted by Crippen LogP contribution is -2.68. The molecule has 5 heteroatoms. The second-order valence-corrected chi connectivity index (χ2v) is 8.28. The van der Waals surface area contributed by atoms with Gasteiger partial charge in [0.15, 0.2) is 0 Å². The quantitative estimate of drug-likeness (QED) is 0.862. The monoisotopic (exact) mass is 387 g/mol. The fourth-order valence-electron chi connectivity index (χ4n) is 4.67. The summed E-state index contributed by atoms with van der Waals surface area (Å²) in [5.74, 6) is -0.135. The van der Waals surface area contributed by atoms with Crippen LogP contribution in [0.15, 0.2) is 54.6 Å². The molecule has 29 heavy (non-hydrogen) atoms. The van der Waals surface area contributed by atoms with E-state index in [4.69, 9.17) is 5.26 Å². The van der Waals surface area contributed by atoms with Gasteiger partial charge < -0.3 is 10.2 Å². The van der Waals surface area contributed by atoms with Gasteiger partial charge in [0, 0.05) is 12.2 Å². The van der Waals surface area contributed by atoms with Crippen molar-refractivity contribution in [1.82, 2.24) is 4.90 Å². The molecule has 1 atom stereocenters. The van der Waals surface area contributed by atoms with Crippen molar-refractivity contribution >= 4 is 17.5 Å². The van der Waals surface area contributed by atoms with Crippen LogP contribution in [0.5, 0.6) is 0 Å². The zero-order chi connectivity index (χ0) is 20.5. The van der Waals surface area contributed by atoms with Crippen LogP contribution in [0.4, 0.5) is 5.69 Å². The summed E-state index contributed by atoms with van der Waals surface area (Å²) in [4.78, 5) is 28.6. The van der Waals surface area contributed by atoms with E-state index in [0.717, 1.165) is 31.2 Å². The molecule has 148 valence electrons. The first-order valence-corrected chi connectivity index (χ1v) is 10.2. The molecule has 1 N–H and O–H groups in total. The van der Waals surface area contributed by atoms with Gasteiger partial charge in [-0.25, -0.2) is 0 Å². The van der Waals surface area contributed by atoms with Gasteiger partial charge in [-0.2, -0.15) is 5.26 Å². The highest BCUT2D eigenvalue weighted by atomic mass is 16.2.